The van der Waals surface area contributed by atoms with Gasteiger partial charge in [0.2, 0.25) is 0 Å². The lowest BCUT2D eigenvalue weighted by molar-refractivity contribution is 0.185. The Kier molecular flexibility index (Phi) is 4.20. The first-order valence-corrected chi connectivity index (χ1v) is 5.43. The molecule has 0 bridgehead atoms. The zero-order valence-corrected chi connectivity index (χ0v) is 9.11. The third-order valence-corrected chi connectivity index (χ3v) is 3.20. The number of hydrogen-bond donors (Lipinski definition) is 2. The highest BCUT2D eigenvalue weighted by Crippen LogP contribution is 2.24. The molecule has 1 aliphatic carbocycles. The molecule has 1 unspecified atom stereocenters. The molecule has 0 aromatic heterocycles. The van der Waals surface area contributed by atoms with E-state index in [1.165, 1.54) is 25.7 Å². The lowest BCUT2D eigenvalue weighted by Crippen LogP contribution is -2.47. The third kappa shape index (κ3) is 2.38. The molecule has 4 nitrogen and oxygen atoms in total. The lowest BCUT2D eigenvalue weighted by Gasteiger charge is -2.32. The second kappa shape index (κ2) is 5.20. The molecule has 82 valence electrons. The van der Waals surface area contributed by atoms with Gasteiger partial charge in [-0.15, -0.1) is 0 Å². The summed E-state index contributed by atoms with van der Waals surface area (Å²) in [5.74, 6) is 0.318. The topological polar surface area (TPSA) is 61.8 Å². The maximum absolute atomic E-state index is 8.63. The Bertz CT molecular complexity index is 200. The fourth-order valence-electron chi connectivity index (χ4n) is 2.34. The molecule has 14 heavy (non-hydrogen) atoms. The van der Waals surface area contributed by atoms with Gasteiger partial charge >= 0.3 is 0 Å². The predicted molar refractivity (Wildman–Crippen MR) is 57.5 cm³/mol. The van der Waals surface area contributed by atoms with Gasteiger partial charge in [-0.1, -0.05) is 24.9 Å². The van der Waals surface area contributed by atoms with Gasteiger partial charge in [-0.2, -0.15) is 0 Å². The molecule has 0 radical (unpaired) electrons. The average molecular weight is 199 g/mol. The second-order valence-corrected chi connectivity index (χ2v) is 3.97. The van der Waals surface area contributed by atoms with Crippen molar-refractivity contribution in [3.63, 3.8) is 0 Å². The van der Waals surface area contributed by atoms with Gasteiger partial charge in [0.25, 0.3) is 0 Å². The zero-order chi connectivity index (χ0) is 10.6. The molecule has 0 aliphatic heterocycles. The van der Waals surface area contributed by atoms with Crippen LogP contribution in [0, 0.1) is 0 Å². The van der Waals surface area contributed by atoms with Crippen molar-refractivity contribution in [1.29, 1.82) is 0 Å². The van der Waals surface area contributed by atoms with E-state index in [2.05, 4.69) is 17.0 Å². The summed E-state index contributed by atoms with van der Waals surface area (Å²) >= 11 is 0. The molecule has 0 heterocycles. The fraction of sp³-hybridized carbons (Fsp3) is 0.900. The molecule has 4 heteroatoms. The molecule has 0 saturated heterocycles. The number of likely N-dealkylation sites (N-methyl/N-ethyl adjacent to an activating group) is 1. The van der Waals surface area contributed by atoms with Crippen LogP contribution in [0.3, 0.4) is 0 Å². The minimum Gasteiger partial charge on any atom is -0.409 e. The number of hydrogen-bond acceptors (Lipinski definition) is 3. The van der Waals surface area contributed by atoms with E-state index in [9.17, 15) is 0 Å². The largest absolute Gasteiger partial charge is 0.409 e. The minimum atomic E-state index is 0.0492. The number of nitrogens with zero attached hydrogens (tertiary/aromatic N) is 2. The van der Waals surface area contributed by atoms with Crippen LogP contribution in [0.2, 0.25) is 0 Å². The van der Waals surface area contributed by atoms with Crippen LogP contribution in [0.1, 0.15) is 39.5 Å². The van der Waals surface area contributed by atoms with Crippen LogP contribution in [0.25, 0.3) is 0 Å². The molecule has 1 rings (SSSR count). The Morgan fingerprint density at radius 3 is 2.57 bits per heavy atom. The van der Waals surface area contributed by atoms with E-state index in [1.54, 1.807) is 0 Å². The summed E-state index contributed by atoms with van der Waals surface area (Å²) in [6.07, 6.45) is 5.11. The Morgan fingerprint density at radius 1 is 1.57 bits per heavy atom. The van der Waals surface area contributed by atoms with Crippen molar-refractivity contribution < 1.29 is 5.21 Å². The summed E-state index contributed by atoms with van der Waals surface area (Å²) in [6.45, 7) is 5.08. The molecule has 0 spiro atoms. The van der Waals surface area contributed by atoms with E-state index < -0.39 is 0 Å². The lowest BCUT2D eigenvalue weighted by atomic mass is 10.1. The van der Waals surface area contributed by atoms with Crippen LogP contribution in [0.4, 0.5) is 0 Å². The van der Waals surface area contributed by atoms with Crippen molar-refractivity contribution >= 4 is 5.84 Å². The molecule has 1 fully saturated rings. The van der Waals surface area contributed by atoms with Crippen molar-refractivity contribution in [2.75, 3.05) is 6.54 Å². The van der Waals surface area contributed by atoms with Crippen molar-refractivity contribution in [2.24, 2.45) is 10.9 Å². The third-order valence-electron chi connectivity index (χ3n) is 3.20. The molecular weight excluding hydrogens is 178 g/mol. The van der Waals surface area contributed by atoms with Crippen LogP contribution in [-0.2, 0) is 0 Å². The summed E-state index contributed by atoms with van der Waals surface area (Å²) in [5.41, 5.74) is 5.62. The van der Waals surface area contributed by atoms with Crippen LogP contribution in [0.15, 0.2) is 5.16 Å². The van der Waals surface area contributed by atoms with E-state index in [1.807, 2.05) is 6.92 Å². The molecule has 3 N–H and O–H groups in total. The fourth-order valence-corrected chi connectivity index (χ4v) is 2.34. The first-order valence-electron chi connectivity index (χ1n) is 5.43. The number of amidine groups is 1. The van der Waals surface area contributed by atoms with E-state index >= 15 is 0 Å². The van der Waals surface area contributed by atoms with E-state index in [0.717, 1.165) is 6.54 Å². The van der Waals surface area contributed by atoms with Gasteiger partial charge in [0.1, 0.15) is 0 Å². The molecule has 1 saturated carbocycles. The maximum Gasteiger partial charge on any atom is 0.156 e. The molecule has 0 amide bonds. The Morgan fingerprint density at radius 2 is 2.14 bits per heavy atom. The van der Waals surface area contributed by atoms with Crippen LogP contribution in [-0.4, -0.2) is 34.6 Å². The number of rotatable bonds is 4. The van der Waals surface area contributed by atoms with Gasteiger partial charge in [-0.05, 0) is 26.3 Å². The summed E-state index contributed by atoms with van der Waals surface area (Å²) < 4.78 is 0. The molecule has 1 atom stereocenters. The summed E-state index contributed by atoms with van der Waals surface area (Å²) in [6, 6.07) is 0.670. The monoisotopic (exact) mass is 199 g/mol. The molecule has 0 aromatic rings. The molecular formula is C10H21N3O. The summed E-state index contributed by atoms with van der Waals surface area (Å²) in [4.78, 5) is 2.32. The minimum absolute atomic E-state index is 0.0492. The number of oxime groups is 1. The molecule has 0 aromatic carbocycles. The normalized spacial score (nSPS) is 21.8. The van der Waals surface area contributed by atoms with Crippen LogP contribution >= 0.6 is 0 Å². The second-order valence-electron chi connectivity index (χ2n) is 3.97. The first-order chi connectivity index (χ1) is 6.70. The Balaban J connectivity index is 2.60. The van der Waals surface area contributed by atoms with E-state index in [0.29, 0.717) is 11.9 Å². The highest BCUT2D eigenvalue weighted by atomic mass is 16.4. The smallest absolute Gasteiger partial charge is 0.156 e. The summed E-state index contributed by atoms with van der Waals surface area (Å²) in [5, 5.41) is 11.7. The average Bonchev–Trinajstić information content (AvgIpc) is 2.71. The Labute approximate surface area is 85.8 Å². The van der Waals surface area contributed by atoms with E-state index in [-0.39, 0.29) is 6.04 Å². The van der Waals surface area contributed by atoms with Crippen LogP contribution < -0.4 is 5.73 Å². The SMILES string of the molecule is CCN(C1CCCC1)C(C)C(N)=NO. The van der Waals surface area contributed by atoms with Crippen molar-refractivity contribution in [2.45, 2.75) is 51.6 Å². The van der Waals surface area contributed by atoms with Gasteiger partial charge in [0, 0.05) is 6.04 Å². The van der Waals surface area contributed by atoms with Gasteiger partial charge in [-0.3, -0.25) is 4.90 Å². The van der Waals surface area contributed by atoms with Gasteiger partial charge in [0.05, 0.1) is 6.04 Å². The predicted octanol–water partition coefficient (Wildman–Crippen LogP) is 1.39. The molecule has 1 aliphatic rings. The quantitative estimate of drug-likeness (QED) is 0.311. The maximum atomic E-state index is 8.63. The Hall–Kier alpha value is -0.770. The highest BCUT2D eigenvalue weighted by Gasteiger charge is 2.26. The standard InChI is InChI=1S/C10H21N3O/c1-3-13(8(2)10(11)12-14)9-6-4-5-7-9/h8-9,14H,3-7H2,1-2H3,(H2,11,12). The summed E-state index contributed by atoms with van der Waals surface area (Å²) in [7, 11) is 0. The number of nitrogens with two attached hydrogens (primary N) is 1. The highest BCUT2D eigenvalue weighted by molar-refractivity contribution is 5.84. The van der Waals surface area contributed by atoms with Gasteiger partial charge in [0.15, 0.2) is 5.84 Å². The van der Waals surface area contributed by atoms with Crippen molar-refractivity contribution in [3.8, 4) is 0 Å². The van der Waals surface area contributed by atoms with E-state index in [4.69, 9.17) is 10.9 Å². The van der Waals surface area contributed by atoms with Gasteiger partial charge in [-0.25, -0.2) is 0 Å². The first kappa shape index (κ1) is 11.3. The van der Waals surface area contributed by atoms with Gasteiger partial charge < -0.3 is 10.9 Å². The van der Waals surface area contributed by atoms with Crippen molar-refractivity contribution in [3.05, 3.63) is 0 Å². The van der Waals surface area contributed by atoms with Crippen LogP contribution in [0.5, 0.6) is 0 Å². The van der Waals surface area contributed by atoms with Crippen molar-refractivity contribution in [1.82, 2.24) is 4.90 Å². The zero-order valence-electron chi connectivity index (χ0n) is 9.11.